The van der Waals surface area contributed by atoms with Crippen LogP contribution in [0.25, 0.3) is 0 Å². The third kappa shape index (κ3) is 7.52. The van der Waals surface area contributed by atoms with Crippen LogP contribution in [-0.4, -0.2) is 50.8 Å². The number of hydrogen-bond donors (Lipinski definition) is 0. The van der Waals surface area contributed by atoms with Crippen molar-refractivity contribution >= 4 is 19.7 Å². The van der Waals surface area contributed by atoms with Gasteiger partial charge in [-0.3, -0.25) is 4.79 Å². The lowest BCUT2D eigenvalue weighted by atomic mass is 10.1. The number of nitrogens with zero attached hydrogens (tertiary/aromatic N) is 3. The molecule has 0 fully saturated rings. The van der Waals surface area contributed by atoms with Gasteiger partial charge >= 0.3 is 12.1 Å². The van der Waals surface area contributed by atoms with Crippen LogP contribution < -0.4 is 10.5 Å². The molecule has 1 aliphatic heterocycles. The molecule has 1 atom stereocenters. The topological polar surface area (TPSA) is 82.9 Å². The average molecular weight is 540 g/mol. The maximum absolute atomic E-state index is 14.2. The summed E-state index contributed by atoms with van der Waals surface area (Å²) in [6.07, 6.45) is -1.17. The van der Waals surface area contributed by atoms with Crippen molar-refractivity contribution in [1.29, 1.82) is 0 Å². The van der Waals surface area contributed by atoms with E-state index in [-0.39, 0.29) is 32.2 Å². The molecule has 0 radical (unpaired) electrons. The Labute approximate surface area is 214 Å². The molecule has 2 heterocycles. The number of carbonyl (C=O) groups excluding carboxylic acids is 1. The minimum Gasteiger partial charge on any atom is -0.466 e. The highest BCUT2D eigenvalue weighted by Gasteiger charge is 2.42. The number of ether oxygens (including phenoxy) is 3. The van der Waals surface area contributed by atoms with E-state index in [1.807, 2.05) is 12.1 Å². The molecule has 12 heteroatoms. The lowest BCUT2D eigenvalue weighted by molar-refractivity contribution is -0.139. The van der Waals surface area contributed by atoms with Crippen molar-refractivity contribution in [3.63, 3.8) is 0 Å². The van der Waals surface area contributed by atoms with Gasteiger partial charge in [0.1, 0.15) is 12.3 Å². The van der Waals surface area contributed by atoms with E-state index in [1.165, 1.54) is 24.2 Å². The fraction of sp³-hybridized carbons (Fsp3) is 0.480. The summed E-state index contributed by atoms with van der Waals surface area (Å²) in [5.74, 6) is -0.539. The maximum Gasteiger partial charge on any atom is 0.423 e. The first kappa shape index (κ1) is 28.6. The fourth-order valence-electron chi connectivity index (χ4n) is 3.94. The lowest BCUT2D eigenvalue weighted by Crippen LogP contribution is -2.36. The summed E-state index contributed by atoms with van der Waals surface area (Å²) in [6, 6.07) is 7.47. The van der Waals surface area contributed by atoms with Crippen LogP contribution in [0.2, 0.25) is 25.7 Å². The van der Waals surface area contributed by atoms with Gasteiger partial charge < -0.3 is 19.1 Å². The summed E-state index contributed by atoms with van der Waals surface area (Å²) < 4.78 is 59.0. The van der Waals surface area contributed by atoms with E-state index in [4.69, 9.17) is 9.47 Å². The first-order valence-corrected chi connectivity index (χ1v) is 15.5. The molecule has 0 amide bonds. The number of esters is 1. The molecule has 1 unspecified atom stereocenters. The van der Waals surface area contributed by atoms with E-state index < -0.39 is 37.4 Å². The van der Waals surface area contributed by atoms with Crippen LogP contribution in [0.5, 0.6) is 0 Å². The van der Waals surface area contributed by atoms with E-state index in [0.717, 1.165) is 23.4 Å². The summed E-state index contributed by atoms with van der Waals surface area (Å²) in [4.78, 5) is 25.7. The third-order valence-electron chi connectivity index (χ3n) is 5.90. The first-order valence-electron chi connectivity index (χ1n) is 11.8. The predicted molar refractivity (Wildman–Crippen MR) is 135 cm³/mol. The Balaban J connectivity index is 1.87. The highest BCUT2D eigenvalue weighted by molar-refractivity contribution is 6.76. The smallest absolute Gasteiger partial charge is 0.423 e. The number of hydrogen-bond acceptors (Lipinski definition) is 7. The van der Waals surface area contributed by atoms with Gasteiger partial charge in [0.25, 0.3) is 5.56 Å². The van der Waals surface area contributed by atoms with Gasteiger partial charge in [0.05, 0.1) is 38.2 Å². The Kier molecular flexibility index (Phi) is 9.32. The number of fused-ring (bicyclic) bond motifs is 1. The number of alkyl halides is 3. The fourth-order valence-corrected chi connectivity index (χ4v) is 4.70. The second kappa shape index (κ2) is 12.1. The van der Waals surface area contributed by atoms with E-state index in [9.17, 15) is 22.8 Å². The van der Waals surface area contributed by atoms with Gasteiger partial charge in [-0.25, -0.2) is 9.48 Å². The Morgan fingerprint density at radius 2 is 1.95 bits per heavy atom. The molecular formula is C25H32F3N3O5Si. The lowest BCUT2D eigenvalue weighted by Gasteiger charge is -2.29. The van der Waals surface area contributed by atoms with Gasteiger partial charge in [-0.05, 0) is 17.2 Å². The van der Waals surface area contributed by atoms with Crippen LogP contribution in [0, 0.1) is 0 Å². The van der Waals surface area contributed by atoms with Crippen LogP contribution in [0.1, 0.15) is 22.7 Å². The van der Waals surface area contributed by atoms with Crippen molar-refractivity contribution in [1.82, 2.24) is 9.78 Å². The molecule has 0 N–H and O–H groups in total. The van der Waals surface area contributed by atoms with Crippen molar-refractivity contribution < 1.29 is 32.2 Å². The first-order chi connectivity index (χ1) is 17.4. The number of benzene rings is 1. The summed E-state index contributed by atoms with van der Waals surface area (Å²) in [6.45, 7) is 6.70. The Morgan fingerprint density at radius 1 is 1.22 bits per heavy atom. The largest absolute Gasteiger partial charge is 0.466 e. The molecule has 0 spiro atoms. The van der Waals surface area contributed by atoms with Crippen LogP contribution >= 0.6 is 0 Å². The Hall–Kier alpha value is -2.96. The molecule has 0 aliphatic carbocycles. The molecule has 1 aromatic carbocycles. The summed E-state index contributed by atoms with van der Waals surface area (Å²) >= 11 is 0. The highest BCUT2D eigenvalue weighted by Crippen LogP contribution is 2.42. The van der Waals surface area contributed by atoms with Crippen molar-refractivity contribution in [3.8, 4) is 0 Å². The predicted octanol–water partition coefficient (Wildman–Crippen LogP) is 4.38. The highest BCUT2D eigenvalue weighted by atomic mass is 28.3. The number of methoxy groups -OCH3 is 1. The van der Waals surface area contributed by atoms with E-state index in [0.29, 0.717) is 11.3 Å². The molecule has 0 saturated carbocycles. The molecule has 3 rings (SSSR count). The standard InChI is InChI=1S/C25H32F3N3O5Si/c1-34-22(32)10-7-11-35-16-21-19-9-6-5-8-18(19)15-30(21)20-14-29-31(17-36-12-13-37(2,3)4)24(33)23(20)25(26,27)28/h5-10,14,21H,11-13,15-17H2,1-4H3/b10-7+. The summed E-state index contributed by atoms with van der Waals surface area (Å²) in [5, 5.41) is 4.01. The van der Waals surface area contributed by atoms with Crippen molar-refractivity contribution in [2.24, 2.45) is 0 Å². The SMILES string of the molecule is COC(=O)/C=C/COCC1c2ccccc2CN1c1cnn(COCC[Si](C)(C)C)c(=O)c1C(F)(F)F. The van der Waals surface area contributed by atoms with Gasteiger partial charge in [-0.2, -0.15) is 18.3 Å². The quantitative estimate of drug-likeness (QED) is 0.181. The van der Waals surface area contributed by atoms with Gasteiger partial charge in [-0.15, -0.1) is 0 Å². The van der Waals surface area contributed by atoms with Crippen LogP contribution in [0.15, 0.2) is 47.4 Å². The normalized spacial score (nSPS) is 15.9. The second-order valence-electron chi connectivity index (χ2n) is 9.86. The maximum atomic E-state index is 14.2. The average Bonchev–Trinajstić information content (AvgIpc) is 3.19. The molecule has 8 nitrogen and oxygen atoms in total. The molecule has 1 aromatic heterocycles. The molecule has 37 heavy (non-hydrogen) atoms. The van der Waals surface area contributed by atoms with Crippen LogP contribution in [0.4, 0.5) is 18.9 Å². The number of aromatic nitrogens is 2. The minimum absolute atomic E-state index is 0.0305. The van der Waals surface area contributed by atoms with E-state index >= 15 is 0 Å². The van der Waals surface area contributed by atoms with E-state index in [2.05, 4.69) is 29.5 Å². The molecule has 1 aliphatic rings. The zero-order valence-corrected chi connectivity index (χ0v) is 22.4. The molecular weight excluding hydrogens is 507 g/mol. The minimum atomic E-state index is -4.90. The van der Waals surface area contributed by atoms with Crippen molar-refractivity contribution in [2.75, 3.05) is 31.8 Å². The van der Waals surface area contributed by atoms with Crippen molar-refractivity contribution in [3.05, 3.63) is 69.7 Å². The van der Waals surface area contributed by atoms with Crippen LogP contribution in [-0.2, 0) is 38.5 Å². The van der Waals surface area contributed by atoms with Crippen molar-refractivity contribution in [2.45, 2.75) is 51.2 Å². The number of carbonyl (C=O) groups is 1. The molecule has 202 valence electrons. The third-order valence-corrected chi connectivity index (χ3v) is 7.61. The van der Waals surface area contributed by atoms with Crippen LogP contribution in [0.3, 0.4) is 0 Å². The number of halogens is 3. The summed E-state index contributed by atoms with van der Waals surface area (Å²) in [7, 11) is -0.148. The second-order valence-corrected chi connectivity index (χ2v) is 15.5. The zero-order chi connectivity index (χ0) is 27.2. The Morgan fingerprint density at radius 3 is 2.62 bits per heavy atom. The molecule has 0 bridgehead atoms. The summed E-state index contributed by atoms with van der Waals surface area (Å²) in [5.41, 5.74) is -1.24. The van der Waals surface area contributed by atoms with Gasteiger partial charge in [0.15, 0.2) is 0 Å². The van der Waals surface area contributed by atoms with Gasteiger partial charge in [0, 0.05) is 27.3 Å². The van der Waals surface area contributed by atoms with Gasteiger partial charge in [-0.1, -0.05) is 50.0 Å². The van der Waals surface area contributed by atoms with Gasteiger partial charge in [0.2, 0.25) is 0 Å². The molecule has 0 saturated heterocycles. The Bertz CT molecular complexity index is 1180. The zero-order valence-electron chi connectivity index (χ0n) is 21.4. The van der Waals surface area contributed by atoms with E-state index in [1.54, 1.807) is 12.1 Å². The monoisotopic (exact) mass is 539 g/mol. The number of rotatable bonds is 11. The molecule has 2 aromatic rings. The number of anilines is 1.